The lowest BCUT2D eigenvalue weighted by molar-refractivity contribution is 0.0692. The zero-order valence-corrected chi connectivity index (χ0v) is 11.7. The summed E-state index contributed by atoms with van der Waals surface area (Å²) in [6.07, 6.45) is 1.58. The number of carbonyl (C=O) groups excluding carboxylic acids is 1. The molecule has 0 atom stereocenters. The number of carboxylic acids is 1. The number of aromatic amines is 1. The van der Waals surface area contributed by atoms with Crippen molar-refractivity contribution in [2.75, 3.05) is 5.32 Å². The minimum absolute atomic E-state index is 0.0561. The van der Waals surface area contributed by atoms with E-state index in [1.54, 1.807) is 23.9 Å². The van der Waals surface area contributed by atoms with E-state index < -0.39 is 12.0 Å². The maximum Gasteiger partial charge on any atom is 0.354 e. The Bertz CT molecular complexity index is 660. The highest BCUT2D eigenvalue weighted by Gasteiger charge is 2.15. The van der Waals surface area contributed by atoms with Gasteiger partial charge >= 0.3 is 12.0 Å². The summed E-state index contributed by atoms with van der Waals surface area (Å²) in [4.78, 5) is 25.5. The molecule has 0 saturated carbocycles. The Labute approximate surface area is 120 Å². The molecule has 2 amide bonds. The van der Waals surface area contributed by atoms with Crippen molar-refractivity contribution in [1.82, 2.24) is 25.1 Å². The van der Waals surface area contributed by atoms with E-state index in [1.807, 2.05) is 6.92 Å². The lowest BCUT2D eigenvalue weighted by Gasteiger charge is -2.07. The van der Waals surface area contributed by atoms with Gasteiger partial charge in [-0.15, -0.1) is 10.2 Å². The molecule has 0 aliphatic carbocycles. The minimum atomic E-state index is -1.14. The van der Waals surface area contributed by atoms with Gasteiger partial charge in [0.1, 0.15) is 12.0 Å². The van der Waals surface area contributed by atoms with Gasteiger partial charge in [-0.25, -0.2) is 9.59 Å². The third-order valence-corrected chi connectivity index (χ3v) is 2.86. The van der Waals surface area contributed by atoms with E-state index in [2.05, 4.69) is 25.8 Å². The molecule has 2 aromatic rings. The molecule has 0 aliphatic heterocycles. The zero-order chi connectivity index (χ0) is 15.4. The van der Waals surface area contributed by atoms with Crippen LogP contribution in [0.15, 0.2) is 12.4 Å². The van der Waals surface area contributed by atoms with Gasteiger partial charge in [0.05, 0.1) is 12.2 Å². The van der Waals surface area contributed by atoms with Crippen molar-refractivity contribution in [3.8, 4) is 0 Å². The summed E-state index contributed by atoms with van der Waals surface area (Å²) in [5.41, 5.74) is 0.808. The van der Waals surface area contributed by atoms with Gasteiger partial charge in [-0.2, -0.15) is 0 Å². The molecule has 21 heavy (non-hydrogen) atoms. The lowest BCUT2D eigenvalue weighted by atomic mass is 10.3. The molecule has 0 radical (unpaired) electrons. The number of urea groups is 1. The molecule has 0 bridgehead atoms. The van der Waals surface area contributed by atoms with Crippen LogP contribution < -0.4 is 10.6 Å². The third-order valence-electron chi connectivity index (χ3n) is 2.86. The fraction of sp³-hybridized carbons (Fsp3) is 0.333. The van der Waals surface area contributed by atoms with Gasteiger partial charge in [0.25, 0.3) is 0 Å². The molecule has 2 rings (SSSR count). The van der Waals surface area contributed by atoms with E-state index in [9.17, 15) is 9.59 Å². The van der Waals surface area contributed by atoms with Crippen molar-refractivity contribution in [2.24, 2.45) is 0 Å². The SMILES string of the molecule is CCn1cnnc1CNC(=O)Nc1cc(C)[nH]c1C(=O)O. The minimum Gasteiger partial charge on any atom is -0.477 e. The van der Waals surface area contributed by atoms with Gasteiger partial charge in [0, 0.05) is 12.2 Å². The predicted molar refractivity (Wildman–Crippen MR) is 74.0 cm³/mol. The van der Waals surface area contributed by atoms with Gasteiger partial charge in [0.2, 0.25) is 0 Å². The predicted octanol–water partition coefficient (Wildman–Crippen LogP) is 0.954. The van der Waals surface area contributed by atoms with Crippen LogP contribution in [0.25, 0.3) is 0 Å². The molecule has 0 spiro atoms. The summed E-state index contributed by atoms with van der Waals surface area (Å²) in [6, 6.07) is 1.04. The highest BCUT2D eigenvalue weighted by molar-refractivity contribution is 5.99. The normalized spacial score (nSPS) is 10.4. The Balaban J connectivity index is 1.98. The monoisotopic (exact) mass is 292 g/mol. The van der Waals surface area contributed by atoms with E-state index in [1.165, 1.54) is 0 Å². The molecular weight excluding hydrogens is 276 g/mol. The smallest absolute Gasteiger partial charge is 0.354 e. The fourth-order valence-corrected chi connectivity index (χ4v) is 1.86. The summed E-state index contributed by atoms with van der Waals surface area (Å²) < 4.78 is 1.80. The molecule has 0 aliphatic rings. The first-order valence-corrected chi connectivity index (χ1v) is 6.35. The first kappa shape index (κ1) is 14.6. The van der Waals surface area contributed by atoms with Gasteiger partial charge < -0.3 is 25.3 Å². The van der Waals surface area contributed by atoms with E-state index >= 15 is 0 Å². The number of nitrogens with one attached hydrogen (secondary N) is 3. The van der Waals surface area contributed by atoms with Crippen molar-refractivity contribution in [3.05, 3.63) is 29.6 Å². The average Bonchev–Trinajstić information content (AvgIpc) is 3.02. The van der Waals surface area contributed by atoms with Crippen molar-refractivity contribution >= 4 is 17.7 Å². The average molecular weight is 292 g/mol. The summed E-state index contributed by atoms with van der Waals surface area (Å²) in [7, 11) is 0. The highest BCUT2D eigenvalue weighted by Crippen LogP contribution is 2.16. The van der Waals surface area contributed by atoms with E-state index in [4.69, 9.17) is 5.11 Å². The summed E-state index contributed by atoms with van der Waals surface area (Å²) in [5, 5.41) is 21.8. The fourth-order valence-electron chi connectivity index (χ4n) is 1.86. The maximum atomic E-state index is 11.8. The van der Waals surface area contributed by atoms with Crippen molar-refractivity contribution in [3.63, 3.8) is 0 Å². The van der Waals surface area contributed by atoms with Gasteiger partial charge in [-0.1, -0.05) is 0 Å². The largest absolute Gasteiger partial charge is 0.477 e. The number of aryl methyl sites for hydroxylation is 2. The Morgan fingerprint density at radius 1 is 1.48 bits per heavy atom. The van der Waals surface area contributed by atoms with Gasteiger partial charge in [0.15, 0.2) is 5.82 Å². The topological polar surface area (TPSA) is 125 Å². The molecule has 0 aromatic carbocycles. The second kappa shape index (κ2) is 6.07. The standard InChI is InChI=1S/C12H16N6O3/c1-3-18-6-14-17-9(18)5-13-12(21)16-8-4-7(2)15-10(8)11(19)20/h4,6,15H,3,5H2,1-2H3,(H,19,20)(H2,13,16,21). The van der Waals surface area contributed by atoms with E-state index in [0.29, 0.717) is 18.1 Å². The molecule has 2 heterocycles. The van der Waals surface area contributed by atoms with Crippen LogP contribution >= 0.6 is 0 Å². The molecule has 4 N–H and O–H groups in total. The molecule has 9 nitrogen and oxygen atoms in total. The number of aromatic nitrogens is 4. The molecule has 112 valence electrons. The van der Waals surface area contributed by atoms with Crippen molar-refractivity contribution in [1.29, 1.82) is 0 Å². The number of H-pyrrole nitrogens is 1. The summed E-state index contributed by atoms with van der Waals surface area (Å²) in [5.74, 6) is -0.513. The first-order valence-electron chi connectivity index (χ1n) is 6.35. The van der Waals surface area contributed by atoms with Crippen LogP contribution in [0.2, 0.25) is 0 Å². The summed E-state index contributed by atoms with van der Waals surface area (Å²) in [6.45, 7) is 4.55. The summed E-state index contributed by atoms with van der Waals surface area (Å²) >= 11 is 0. The van der Waals surface area contributed by atoms with Gasteiger partial charge in [-0.3, -0.25) is 0 Å². The van der Waals surface area contributed by atoms with Crippen LogP contribution in [-0.2, 0) is 13.1 Å². The second-order valence-electron chi connectivity index (χ2n) is 4.39. The Kier molecular flexibility index (Phi) is 4.21. The van der Waals surface area contributed by atoms with Crippen LogP contribution in [0.5, 0.6) is 0 Å². The van der Waals surface area contributed by atoms with Crippen LogP contribution in [0, 0.1) is 6.92 Å². The van der Waals surface area contributed by atoms with Gasteiger partial charge in [-0.05, 0) is 19.9 Å². The number of hydrogen-bond acceptors (Lipinski definition) is 4. The zero-order valence-electron chi connectivity index (χ0n) is 11.7. The van der Waals surface area contributed by atoms with Crippen LogP contribution in [0.1, 0.15) is 28.9 Å². The molecule has 9 heteroatoms. The molecular formula is C12H16N6O3. The Morgan fingerprint density at radius 2 is 2.24 bits per heavy atom. The highest BCUT2D eigenvalue weighted by atomic mass is 16.4. The molecule has 0 fully saturated rings. The number of rotatable bonds is 5. The number of nitrogens with zero attached hydrogens (tertiary/aromatic N) is 3. The van der Waals surface area contributed by atoms with Crippen LogP contribution in [-0.4, -0.2) is 36.9 Å². The number of carboxylic acid groups (broad SMARTS) is 1. The van der Waals surface area contributed by atoms with Crippen LogP contribution in [0.4, 0.5) is 10.5 Å². The van der Waals surface area contributed by atoms with Crippen LogP contribution in [0.3, 0.4) is 0 Å². The van der Waals surface area contributed by atoms with E-state index in [-0.39, 0.29) is 17.9 Å². The van der Waals surface area contributed by atoms with E-state index in [0.717, 1.165) is 0 Å². The lowest BCUT2D eigenvalue weighted by Crippen LogP contribution is -2.29. The Morgan fingerprint density at radius 3 is 2.90 bits per heavy atom. The first-order chi connectivity index (χ1) is 10.0. The molecule has 0 saturated heterocycles. The number of amides is 2. The van der Waals surface area contributed by atoms with Crippen molar-refractivity contribution < 1.29 is 14.7 Å². The Hall–Kier alpha value is -2.84. The third kappa shape index (κ3) is 3.38. The number of aromatic carboxylic acids is 1. The maximum absolute atomic E-state index is 11.8. The number of carbonyl (C=O) groups is 2. The molecule has 0 unspecified atom stereocenters. The van der Waals surface area contributed by atoms with Crippen molar-refractivity contribution in [2.45, 2.75) is 26.9 Å². The number of anilines is 1. The number of hydrogen-bond donors (Lipinski definition) is 4. The quantitative estimate of drug-likeness (QED) is 0.653. The molecule has 2 aromatic heterocycles. The second-order valence-corrected chi connectivity index (χ2v) is 4.39.